The lowest BCUT2D eigenvalue weighted by Crippen LogP contribution is -2.48. The molecule has 2 aromatic rings. The number of hydrogen-bond donors (Lipinski definition) is 0. The van der Waals surface area contributed by atoms with Gasteiger partial charge in [0.25, 0.3) is 5.91 Å². The molecule has 0 radical (unpaired) electrons. The van der Waals surface area contributed by atoms with Crippen LogP contribution in [-0.4, -0.2) is 40.7 Å². The highest BCUT2D eigenvalue weighted by Gasteiger charge is 2.44. The minimum atomic E-state index is -0.0206. The van der Waals surface area contributed by atoms with Gasteiger partial charge < -0.3 is 14.4 Å². The van der Waals surface area contributed by atoms with Gasteiger partial charge in [-0.25, -0.2) is 9.97 Å². The normalized spacial score (nSPS) is 23.3. The fourth-order valence-electron chi connectivity index (χ4n) is 4.54. The first-order valence-corrected chi connectivity index (χ1v) is 9.17. The van der Waals surface area contributed by atoms with Crippen LogP contribution in [0.2, 0.25) is 0 Å². The second-order valence-corrected chi connectivity index (χ2v) is 7.47. The zero-order valence-electron chi connectivity index (χ0n) is 14.8. The molecule has 26 heavy (non-hydrogen) atoms. The maximum atomic E-state index is 13.1. The first-order chi connectivity index (χ1) is 12.6. The zero-order valence-corrected chi connectivity index (χ0v) is 14.8. The molecule has 1 spiro atoms. The van der Waals surface area contributed by atoms with Crippen molar-refractivity contribution in [1.29, 1.82) is 0 Å². The number of benzene rings is 1. The van der Waals surface area contributed by atoms with Crippen molar-refractivity contribution in [2.24, 2.45) is 0 Å². The second-order valence-electron chi connectivity index (χ2n) is 7.47. The molecule has 1 aliphatic carbocycles. The molecule has 1 unspecified atom stereocenters. The number of amides is 1. The van der Waals surface area contributed by atoms with Crippen LogP contribution in [-0.2, 0) is 11.8 Å². The Bertz CT molecular complexity index is 894. The Hall–Kier alpha value is -2.63. The van der Waals surface area contributed by atoms with E-state index >= 15 is 0 Å². The molecule has 3 heterocycles. The number of hydrogen-bond acceptors (Lipinski definition) is 5. The first kappa shape index (κ1) is 15.6. The van der Waals surface area contributed by atoms with Gasteiger partial charge in [0.15, 0.2) is 11.5 Å². The molecule has 0 N–H and O–H groups in total. The molecule has 0 saturated carbocycles. The van der Waals surface area contributed by atoms with Gasteiger partial charge in [0.05, 0.1) is 5.69 Å². The first-order valence-electron chi connectivity index (χ1n) is 9.17. The SMILES string of the molecule is Cc1ncc2c(n1)C1(CCCN(C(=O)c3ccc4c(c3)OCO4)C1)CC2. The lowest BCUT2D eigenvalue weighted by Gasteiger charge is -2.40. The van der Waals surface area contributed by atoms with Gasteiger partial charge in [-0.05, 0) is 56.4 Å². The summed E-state index contributed by atoms with van der Waals surface area (Å²) < 4.78 is 10.8. The molecule has 3 aliphatic rings. The fraction of sp³-hybridized carbons (Fsp3) is 0.450. The van der Waals surface area contributed by atoms with Crippen molar-refractivity contribution >= 4 is 5.91 Å². The number of nitrogens with zero attached hydrogens (tertiary/aromatic N) is 3. The van der Waals surface area contributed by atoms with Gasteiger partial charge in [0.2, 0.25) is 6.79 Å². The Kier molecular flexibility index (Phi) is 3.42. The summed E-state index contributed by atoms with van der Waals surface area (Å²) in [6.45, 7) is 3.67. The van der Waals surface area contributed by atoms with Gasteiger partial charge in [-0.15, -0.1) is 0 Å². The molecule has 6 nitrogen and oxygen atoms in total. The van der Waals surface area contributed by atoms with E-state index in [4.69, 9.17) is 14.5 Å². The smallest absolute Gasteiger partial charge is 0.254 e. The maximum absolute atomic E-state index is 13.1. The highest BCUT2D eigenvalue weighted by atomic mass is 16.7. The third-order valence-electron chi connectivity index (χ3n) is 5.84. The number of piperidine rings is 1. The summed E-state index contributed by atoms with van der Waals surface area (Å²) in [5, 5.41) is 0. The molecule has 1 saturated heterocycles. The van der Waals surface area contributed by atoms with Crippen molar-refractivity contribution in [2.45, 2.75) is 38.0 Å². The molecular weight excluding hydrogens is 330 g/mol. The Labute approximate surface area is 152 Å². The Morgan fingerprint density at radius 2 is 2.12 bits per heavy atom. The van der Waals surface area contributed by atoms with E-state index in [1.54, 1.807) is 6.07 Å². The van der Waals surface area contributed by atoms with Crippen LogP contribution in [0.25, 0.3) is 0 Å². The Balaban J connectivity index is 1.43. The average Bonchev–Trinajstić information content (AvgIpc) is 3.26. The van der Waals surface area contributed by atoms with Crippen LogP contribution in [0.4, 0.5) is 0 Å². The van der Waals surface area contributed by atoms with Gasteiger partial charge in [-0.3, -0.25) is 4.79 Å². The van der Waals surface area contributed by atoms with Crippen molar-refractivity contribution in [3.63, 3.8) is 0 Å². The van der Waals surface area contributed by atoms with E-state index in [1.807, 2.05) is 30.2 Å². The lowest BCUT2D eigenvalue weighted by molar-refractivity contribution is 0.0633. The van der Waals surface area contributed by atoms with Crippen molar-refractivity contribution in [3.8, 4) is 11.5 Å². The zero-order chi connectivity index (χ0) is 17.7. The summed E-state index contributed by atoms with van der Waals surface area (Å²) in [6.07, 6.45) is 6.10. The van der Waals surface area contributed by atoms with Gasteiger partial charge in [0, 0.05) is 30.3 Å². The molecule has 1 aromatic carbocycles. The van der Waals surface area contributed by atoms with Crippen LogP contribution < -0.4 is 9.47 Å². The van der Waals surface area contributed by atoms with Crippen LogP contribution in [0.15, 0.2) is 24.4 Å². The second kappa shape index (κ2) is 5.69. The summed E-state index contributed by atoms with van der Waals surface area (Å²) >= 11 is 0. The standard InChI is InChI=1S/C20H21N3O3/c1-13-21-10-15-5-7-20(18(15)22-13)6-2-8-23(11-20)19(24)14-3-4-16-17(9-14)26-12-25-16/h3-4,9-10H,2,5-8,11-12H2,1H3. The predicted octanol–water partition coefficient (Wildman–Crippen LogP) is 2.63. The Morgan fingerprint density at radius 1 is 1.23 bits per heavy atom. The third-order valence-corrected chi connectivity index (χ3v) is 5.84. The highest BCUT2D eigenvalue weighted by Crippen LogP contribution is 2.44. The summed E-state index contributed by atoms with van der Waals surface area (Å²) in [5.41, 5.74) is 3.04. The number of aryl methyl sites for hydroxylation is 2. The van der Waals surface area contributed by atoms with Crippen molar-refractivity contribution in [1.82, 2.24) is 14.9 Å². The van der Waals surface area contributed by atoms with E-state index in [9.17, 15) is 4.79 Å². The van der Waals surface area contributed by atoms with Crippen LogP contribution in [0.1, 0.15) is 46.7 Å². The summed E-state index contributed by atoms with van der Waals surface area (Å²) in [6, 6.07) is 5.43. The molecule has 0 bridgehead atoms. The van der Waals surface area contributed by atoms with Crippen molar-refractivity contribution in [2.75, 3.05) is 19.9 Å². The number of ether oxygens (including phenoxy) is 2. The monoisotopic (exact) mass is 351 g/mol. The van der Waals surface area contributed by atoms with Gasteiger partial charge in [-0.1, -0.05) is 0 Å². The topological polar surface area (TPSA) is 64.6 Å². The van der Waals surface area contributed by atoms with E-state index < -0.39 is 0 Å². The molecule has 1 atom stereocenters. The molecule has 1 aromatic heterocycles. The van der Waals surface area contributed by atoms with Gasteiger partial charge >= 0.3 is 0 Å². The average molecular weight is 351 g/mol. The summed E-state index contributed by atoms with van der Waals surface area (Å²) in [4.78, 5) is 24.2. The van der Waals surface area contributed by atoms with Crippen LogP contribution >= 0.6 is 0 Å². The molecule has 2 aliphatic heterocycles. The number of likely N-dealkylation sites (tertiary alicyclic amines) is 1. The third kappa shape index (κ3) is 2.35. The van der Waals surface area contributed by atoms with E-state index in [2.05, 4.69) is 4.98 Å². The molecule has 134 valence electrons. The van der Waals surface area contributed by atoms with Crippen LogP contribution in [0, 0.1) is 6.92 Å². The fourth-order valence-corrected chi connectivity index (χ4v) is 4.54. The van der Waals surface area contributed by atoms with Gasteiger partial charge in [-0.2, -0.15) is 0 Å². The Morgan fingerprint density at radius 3 is 3.04 bits per heavy atom. The van der Waals surface area contributed by atoms with Gasteiger partial charge in [0.1, 0.15) is 5.82 Å². The highest BCUT2D eigenvalue weighted by molar-refractivity contribution is 5.95. The summed E-state index contributed by atoms with van der Waals surface area (Å²) in [5.74, 6) is 2.22. The van der Waals surface area contributed by atoms with E-state index in [1.165, 1.54) is 5.56 Å². The number of carbonyl (C=O) groups is 1. The largest absolute Gasteiger partial charge is 0.454 e. The maximum Gasteiger partial charge on any atom is 0.254 e. The van der Waals surface area contributed by atoms with Crippen molar-refractivity contribution in [3.05, 3.63) is 47.0 Å². The van der Waals surface area contributed by atoms with E-state index in [0.29, 0.717) is 17.1 Å². The van der Waals surface area contributed by atoms with Crippen molar-refractivity contribution < 1.29 is 14.3 Å². The number of carbonyl (C=O) groups excluding carboxylic acids is 1. The lowest BCUT2D eigenvalue weighted by atomic mass is 9.77. The molecule has 1 amide bonds. The molecule has 6 heteroatoms. The van der Waals surface area contributed by atoms with Crippen LogP contribution in [0.5, 0.6) is 11.5 Å². The molecule has 5 rings (SSSR count). The predicted molar refractivity (Wildman–Crippen MR) is 94.5 cm³/mol. The number of rotatable bonds is 1. The van der Waals surface area contributed by atoms with Crippen LogP contribution in [0.3, 0.4) is 0 Å². The quantitative estimate of drug-likeness (QED) is 0.790. The van der Waals surface area contributed by atoms with E-state index in [-0.39, 0.29) is 18.1 Å². The molecular formula is C20H21N3O3. The minimum Gasteiger partial charge on any atom is -0.454 e. The summed E-state index contributed by atoms with van der Waals surface area (Å²) in [7, 11) is 0. The number of fused-ring (bicyclic) bond motifs is 3. The van der Waals surface area contributed by atoms with E-state index in [0.717, 1.165) is 50.3 Å². The number of aromatic nitrogens is 2. The minimum absolute atomic E-state index is 0.0206. The molecule has 1 fully saturated rings.